The van der Waals surface area contributed by atoms with Crippen LogP contribution in [-0.4, -0.2) is 18.1 Å². The molecule has 0 radical (unpaired) electrons. The molecule has 40 heavy (non-hydrogen) atoms. The molecule has 0 heterocycles. The molecule has 0 spiro atoms. The molecule has 0 saturated carbocycles. The van der Waals surface area contributed by atoms with Crippen molar-refractivity contribution >= 4 is 38.6 Å². The lowest BCUT2D eigenvalue weighted by Crippen LogP contribution is -2.29. The fourth-order valence-electron chi connectivity index (χ4n) is 4.56. The van der Waals surface area contributed by atoms with Crippen LogP contribution in [0, 0.1) is 6.92 Å². The Kier molecular flexibility index (Phi) is 7.32. The molecule has 0 aliphatic heterocycles. The fourth-order valence-corrected chi connectivity index (χ4v) is 5.04. The van der Waals surface area contributed by atoms with E-state index in [4.69, 9.17) is 5.73 Å². The van der Waals surface area contributed by atoms with Gasteiger partial charge in [-0.3, -0.25) is 4.55 Å². The van der Waals surface area contributed by atoms with E-state index in [0.717, 1.165) is 22.6 Å². The number of rotatable bonds is 8. The summed E-state index contributed by atoms with van der Waals surface area (Å²) >= 11 is 0. The molecule has 202 valence electrons. The molecule has 1 atom stereocenters. The summed E-state index contributed by atoms with van der Waals surface area (Å²) in [5.41, 5.74) is 11.4. The van der Waals surface area contributed by atoms with Gasteiger partial charge in [0.05, 0.1) is 4.90 Å². The van der Waals surface area contributed by atoms with Crippen molar-refractivity contribution < 1.29 is 18.1 Å². The van der Waals surface area contributed by atoms with Crippen LogP contribution in [0.5, 0.6) is 0 Å². The summed E-state index contributed by atoms with van der Waals surface area (Å²) < 4.78 is 31.8. The summed E-state index contributed by atoms with van der Waals surface area (Å²) in [6.07, 6.45) is 0. The number of hydrogen-bond donors (Lipinski definition) is 5. The molecule has 0 aromatic heterocycles. The van der Waals surface area contributed by atoms with Gasteiger partial charge in [-0.05, 0) is 95.9 Å². The Bertz CT molecular complexity index is 1720. The maximum absolute atomic E-state index is 12.3. The summed E-state index contributed by atoms with van der Waals surface area (Å²) in [6.45, 7) is 1.91. The lowest BCUT2D eigenvalue weighted by atomic mass is 9.79. The molecule has 5 aromatic carbocycles. The van der Waals surface area contributed by atoms with Crippen molar-refractivity contribution in [2.75, 3.05) is 16.4 Å². The van der Waals surface area contributed by atoms with Gasteiger partial charge < -0.3 is 21.5 Å². The summed E-state index contributed by atoms with van der Waals surface area (Å²) in [5.74, 6) is 0. The Balaban J connectivity index is 1.47. The maximum atomic E-state index is 12.3. The molecular formula is C32H29N3O4S. The molecule has 5 rings (SSSR count). The topological polar surface area (TPSA) is 125 Å². The van der Waals surface area contributed by atoms with Gasteiger partial charge in [0.25, 0.3) is 10.1 Å². The zero-order valence-corrected chi connectivity index (χ0v) is 22.6. The number of para-hydroxylation sites is 1. The Morgan fingerprint density at radius 3 is 1.50 bits per heavy atom. The summed E-state index contributed by atoms with van der Waals surface area (Å²) in [5, 5.41) is 18.9. The highest BCUT2D eigenvalue weighted by atomic mass is 32.2. The SMILES string of the molecule is Cc1cc([C@@](O)(c2ccc(Nc3ccccc3)cc2)c2ccc(Nc3ccc(S(=O)(=O)O)cc3)cc2)ccc1N. The summed E-state index contributed by atoms with van der Waals surface area (Å²) in [4.78, 5) is -0.178. The molecule has 5 aromatic rings. The third-order valence-electron chi connectivity index (χ3n) is 6.80. The lowest BCUT2D eigenvalue weighted by molar-refractivity contribution is 0.125. The molecular weight excluding hydrogens is 522 g/mol. The molecule has 8 heteroatoms. The van der Waals surface area contributed by atoms with Crippen LogP contribution in [-0.2, 0) is 15.7 Å². The minimum atomic E-state index is -4.26. The zero-order valence-electron chi connectivity index (χ0n) is 21.7. The number of benzene rings is 5. The third-order valence-corrected chi connectivity index (χ3v) is 7.66. The molecule has 0 amide bonds. The van der Waals surface area contributed by atoms with Crippen LogP contribution >= 0.6 is 0 Å². The Morgan fingerprint density at radius 2 is 1.05 bits per heavy atom. The van der Waals surface area contributed by atoms with Gasteiger partial charge in [0, 0.05) is 28.4 Å². The van der Waals surface area contributed by atoms with Gasteiger partial charge in [0.2, 0.25) is 0 Å². The maximum Gasteiger partial charge on any atom is 0.294 e. The van der Waals surface area contributed by atoms with Crippen LogP contribution < -0.4 is 16.4 Å². The Labute approximate surface area is 233 Å². The Morgan fingerprint density at radius 1 is 0.625 bits per heavy atom. The van der Waals surface area contributed by atoms with Gasteiger partial charge in [-0.15, -0.1) is 0 Å². The standard InChI is InChI=1S/C32H29N3O4S/c1-22-21-25(11-20-31(22)33)32(36,23-7-12-27(13-8-23)34-26-5-3-2-4-6-26)24-9-14-28(15-10-24)35-29-16-18-30(19-17-29)40(37,38)39/h2-21,34-36H,33H2,1H3,(H,37,38,39)/t32-/m1/s1. The van der Waals surface area contributed by atoms with Crippen molar-refractivity contribution in [2.45, 2.75) is 17.4 Å². The van der Waals surface area contributed by atoms with E-state index in [9.17, 15) is 18.1 Å². The highest BCUT2D eigenvalue weighted by molar-refractivity contribution is 7.85. The van der Waals surface area contributed by atoms with E-state index in [1.54, 1.807) is 18.2 Å². The molecule has 0 aliphatic carbocycles. The second-order valence-electron chi connectivity index (χ2n) is 9.55. The number of nitrogens with two attached hydrogens (primary N) is 1. The first kappa shape index (κ1) is 27.0. The van der Waals surface area contributed by atoms with Crippen LogP contribution in [0.4, 0.5) is 28.4 Å². The van der Waals surface area contributed by atoms with Gasteiger partial charge in [0.15, 0.2) is 0 Å². The number of hydrogen-bond acceptors (Lipinski definition) is 6. The second-order valence-corrected chi connectivity index (χ2v) is 11.0. The molecule has 0 aliphatic rings. The first-order valence-corrected chi connectivity index (χ1v) is 14.0. The Hall–Kier alpha value is -4.63. The molecule has 0 unspecified atom stereocenters. The van der Waals surface area contributed by atoms with Crippen molar-refractivity contribution in [1.29, 1.82) is 0 Å². The highest BCUT2D eigenvalue weighted by Crippen LogP contribution is 2.39. The zero-order chi connectivity index (χ0) is 28.3. The number of anilines is 5. The van der Waals surface area contributed by atoms with Crippen LogP contribution in [0.1, 0.15) is 22.3 Å². The monoisotopic (exact) mass is 551 g/mol. The van der Waals surface area contributed by atoms with E-state index in [-0.39, 0.29) is 4.90 Å². The van der Waals surface area contributed by atoms with Crippen molar-refractivity contribution in [3.63, 3.8) is 0 Å². The largest absolute Gasteiger partial charge is 0.399 e. The smallest absolute Gasteiger partial charge is 0.294 e. The number of nitrogen functional groups attached to an aromatic ring is 1. The van der Waals surface area contributed by atoms with Crippen molar-refractivity contribution in [1.82, 2.24) is 0 Å². The normalized spacial score (nSPS) is 12.9. The van der Waals surface area contributed by atoms with Crippen LogP contribution in [0.25, 0.3) is 0 Å². The van der Waals surface area contributed by atoms with E-state index in [0.29, 0.717) is 28.1 Å². The summed E-state index contributed by atoms with van der Waals surface area (Å²) in [7, 11) is -4.26. The van der Waals surface area contributed by atoms with Gasteiger partial charge in [-0.1, -0.05) is 54.6 Å². The second kappa shape index (κ2) is 10.9. The van der Waals surface area contributed by atoms with E-state index in [1.807, 2.05) is 97.9 Å². The van der Waals surface area contributed by atoms with Gasteiger partial charge >= 0.3 is 0 Å². The van der Waals surface area contributed by atoms with E-state index in [2.05, 4.69) is 10.6 Å². The van der Waals surface area contributed by atoms with Gasteiger partial charge in [-0.25, -0.2) is 0 Å². The molecule has 0 bridgehead atoms. The van der Waals surface area contributed by atoms with Crippen LogP contribution in [0.15, 0.2) is 126 Å². The molecule has 0 saturated heterocycles. The van der Waals surface area contributed by atoms with E-state index in [1.165, 1.54) is 12.1 Å². The molecule has 0 fully saturated rings. The van der Waals surface area contributed by atoms with Gasteiger partial charge in [0.1, 0.15) is 5.60 Å². The minimum Gasteiger partial charge on any atom is -0.399 e. The average molecular weight is 552 g/mol. The number of aliphatic hydroxyl groups is 1. The van der Waals surface area contributed by atoms with E-state index >= 15 is 0 Å². The summed E-state index contributed by atoms with van der Waals surface area (Å²) in [6, 6.07) is 36.2. The molecule has 6 N–H and O–H groups in total. The molecule has 7 nitrogen and oxygen atoms in total. The first-order valence-electron chi connectivity index (χ1n) is 12.6. The van der Waals surface area contributed by atoms with E-state index < -0.39 is 15.7 Å². The van der Waals surface area contributed by atoms with Crippen molar-refractivity contribution in [3.8, 4) is 0 Å². The predicted molar refractivity (Wildman–Crippen MR) is 160 cm³/mol. The minimum absolute atomic E-state index is 0.178. The third kappa shape index (κ3) is 5.69. The van der Waals surface area contributed by atoms with Crippen LogP contribution in [0.2, 0.25) is 0 Å². The van der Waals surface area contributed by atoms with Crippen LogP contribution in [0.3, 0.4) is 0 Å². The fraction of sp³-hybridized carbons (Fsp3) is 0.0625. The highest BCUT2D eigenvalue weighted by Gasteiger charge is 2.34. The number of nitrogens with one attached hydrogen (secondary N) is 2. The first-order chi connectivity index (χ1) is 19.1. The number of aryl methyl sites for hydroxylation is 1. The average Bonchev–Trinajstić information content (AvgIpc) is 2.95. The quantitative estimate of drug-likeness (QED) is 0.0836. The predicted octanol–water partition coefficient (Wildman–Crippen LogP) is 6.60. The van der Waals surface area contributed by atoms with Gasteiger partial charge in [-0.2, -0.15) is 8.42 Å². The van der Waals surface area contributed by atoms with Crippen molar-refractivity contribution in [3.05, 3.63) is 144 Å². The van der Waals surface area contributed by atoms with Crippen molar-refractivity contribution in [2.24, 2.45) is 0 Å². The lowest BCUT2D eigenvalue weighted by Gasteiger charge is -2.31.